The van der Waals surface area contributed by atoms with Crippen molar-refractivity contribution in [3.05, 3.63) is 35.9 Å². The molecule has 0 bridgehead atoms. The molecule has 1 aromatic rings. The van der Waals surface area contributed by atoms with Gasteiger partial charge in [-0.25, -0.2) is 0 Å². The van der Waals surface area contributed by atoms with Crippen molar-refractivity contribution in [2.75, 3.05) is 6.54 Å². The Morgan fingerprint density at radius 2 is 2.06 bits per heavy atom. The van der Waals surface area contributed by atoms with E-state index in [4.69, 9.17) is 0 Å². The molecule has 2 heteroatoms. The first kappa shape index (κ1) is 11.2. The molecule has 1 aromatic carbocycles. The summed E-state index contributed by atoms with van der Waals surface area (Å²) in [6.07, 6.45) is 1.01. The van der Waals surface area contributed by atoms with Crippen LogP contribution in [0.1, 0.15) is 31.7 Å². The molecule has 1 saturated carbocycles. The number of amides is 1. The molecule has 86 valence electrons. The quantitative estimate of drug-likeness (QED) is 0.825. The van der Waals surface area contributed by atoms with E-state index in [0.29, 0.717) is 11.8 Å². The summed E-state index contributed by atoms with van der Waals surface area (Å²) in [5.74, 6) is 1.41. The van der Waals surface area contributed by atoms with E-state index in [2.05, 4.69) is 31.3 Å². The summed E-state index contributed by atoms with van der Waals surface area (Å²) in [6.45, 7) is 5.01. The number of carbonyl (C=O) groups is 1. The highest BCUT2D eigenvalue weighted by Crippen LogP contribution is 2.47. The van der Waals surface area contributed by atoms with E-state index in [1.54, 1.807) is 0 Å². The summed E-state index contributed by atoms with van der Waals surface area (Å²) in [6, 6.07) is 10.3. The fourth-order valence-corrected chi connectivity index (χ4v) is 1.99. The van der Waals surface area contributed by atoms with Gasteiger partial charge in [0.05, 0.1) is 0 Å². The lowest BCUT2D eigenvalue weighted by Crippen LogP contribution is -2.28. The second-order valence-electron chi connectivity index (χ2n) is 5.00. The van der Waals surface area contributed by atoms with E-state index < -0.39 is 0 Å². The molecular formula is C14H19NO. The van der Waals surface area contributed by atoms with Gasteiger partial charge >= 0.3 is 0 Å². The summed E-state index contributed by atoms with van der Waals surface area (Å²) >= 11 is 0. The molecule has 1 aliphatic carbocycles. The standard InChI is InChI=1S/C14H19NO/c1-10(2)9-15-14(16)13-8-12(13)11-6-4-3-5-7-11/h3-7,10,12-13H,8-9H2,1-2H3,(H,15,16)/t12-,13+/m0/s1. The van der Waals surface area contributed by atoms with Crippen LogP contribution in [0.15, 0.2) is 30.3 Å². The molecule has 0 heterocycles. The Morgan fingerprint density at radius 3 is 2.69 bits per heavy atom. The van der Waals surface area contributed by atoms with E-state index in [0.717, 1.165) is 13.0 Å². The molecule has 2 rings (SSSR count). The van der Waals surface area contributed by atoms with Crippen LogP contribution in [0.5, 0.6) is 0 Å². The highest BCUT2D eigenvalue weighted by molar-refractivity contribution is 5.82. The number of carbonyl (C=O) groups excluding carboxylic acids is 1. The summed E-state index contributed by atoms with van der Waals surface area (Å²) in [4.78, 5) is 11.8. The first-order valence-electron chi connectivity index (χ1n) is 6.01. The van der Waals surface area contributed by atoms with Gasteiger partial charge in [-0.1, -0.05) is 44.2 Å². The van der Waals surface area contributed by atoms with Gasteiger partial charge in [0.15, 0.2) is 0 Å². The molecule has 1 N–H and O–H groups in total. The third kappa shape index (κ3) is 2.63. The van der Waals surface area contributed by atoms with Crippen LogP contribution >= 0.6 is 0 Å². The molecule has 0 saturated heterocycles. The lowest BCUT2D eigenvalue weighted by molar-refractivity contribution is -0.122. The van der Waals surface area contributed by atoms with Crippen LogP contribution < -0.4 is 5.32 Å². The lowest BCUT2D eigenvalue weighted by atomic mass is 10.1. The van der Waals surface area contributed by atoms with Crippen LogP contribution in [0, 0.1) is 11.8 Å². The summed E-state index contributed by atoms with van der Waals surface area (Å²) < 4.78 is 0. The van der Waals surface area contributed by atoms with Crippen molar-refractivity contribution >= 4 is 5.91 Å². The fourth-order valence-electron chi connectivity index (χ4n) is 1.99. The highest BCUT2D eigenvalue weighted by Gasteiger charge is 2.43. The van der Waals surface area contributed by atoms with E-state index >= 15 is 0 Å². The van der Waals surface area contributed by atoms with Crippen molar-refractivity contribution in [2.45, 2.75) is 26.2 Å². The van der Waals surface area contributed by atoms with Gasteiger partial charge in [-0.05, 0) is 23.8 Å². The minimum absolute atomic E-state index is 0.209. The predicted molar refractivity (Wildman–Crippen MR) is 65.1 cm³/mol. The zero-order chi connectivity index (χ0) is 11.5. The van der Waals surface area contributed by atoms with Gasteiger partial charge in [0, 0.05) is 12.5 Å². The molecule has 2 nitrogen and oxygen atoms in total. The Kier molecular flexibility index (Phi) is 3.28. The highest BCUT2D eigenvalue weighted by atomic mass is 16.2. The summed E-state index contributed by atoms with van der Waals surface area (Å²) in [7, 11) is 0. The van der Waals surface area contributed by atoms with Crippen molar-refractivity contribution in [2.24, 2.45) is 11.8 Å². The largest absolute Gasteiger partial charge is 0.356 e. The SMILES string of the molecule is CC(C)CNC(=O)[C@@H]1C[C@H]1c1ccccc1. The first-order valence-corrected chi connectivity index (χ1v) is 6.01. The van der Waals surface area contributed by atoms with E-state index in [1.165, 1.54) is 5.56 Å². The molecule has 0 unspecified atom stereocenters. The smallest absolute Gasteiger partial charge is 0.223 e. The fraction of sp³-hybridized carbons (Fsp3) is 0.500. The Hall–Kier alpha value is -1.31. The van der Waals surface area contributed by atoms with Gasteiger partial charge in [-0.2, -0.15) is 0 Å². The Bertz CT molecular complexity index is 358. The monoisotopic (exact) mass is 217 g/mol. The third-order valence-corrected chi connectivity index (χ3v) is 3.04. The molecule has 1 aliphatic rings. The molecule has 0 radical (unpaired) electrons. The molecule has 1 amide bonds. The average Bonchev–Trinajstić information content (AvgIpc) is 3.07. The molecule has 0 aliphatic heterocycles. The van der Waals surface area contributed by atoms with E-state index in [-0.39, 0.29) is 11.8 Å². The zero-order valence-corrected chi connectivity index (χ0v) is 9.94. The second kappa shape index (κ2) is 4.69. The topological polar surface area (TPSA) is 29.1 Å². The van der Waals surface area contributed by atoms with Crippen LogP contribution in [0.25, 0.3) is 0 Å². The van der Waals surface area contributed by atoms with Crippen molar-refractivity contribution in [3.63, 3.8) is 0 Å². The molecule has 16 heavy (non-hydrogen) atoms. The van der Waals surface area contributed by atoms with E-state index in [9.17, 15) is 4.79 Å². The van der Waals surface area contributed by atoms with Crippen molar-refractivity contribution in [1.82, 2.24) is 5.32 Å². The Morgan fingerprint density at radius 1 is 1.38 bits per heavy atom. The van der Waals surface area contributed by atoms with Crippen LogP contribution in [0.3, 0.4) is 0 Å². The van der Waals surface area contributed by atoms with E-state index in [1.807, 2.05) is 18.2 Å². The zero-order valence-electron chi connectivity index (χ0n) is 9.94. The van der Waals surface area contributed by atoms with Crippen LogP contribution in [-0.4, -0.2) is 12.5 Å². The van der Waals surface area contributed by atoms with Crippen molar-refractivity contribution < 1.29 is 4.79 Å². The average molecular weight is 217 g/mol. The van der Waals surface area contributed by atoms with Crippen LogP contribution in [0.2, 0.25) is 0 Å². The Balaban J connectivity index is 1.85. The van der Waals surface area contributed by atoms with Gasteiger partial charge in [0.25, 0.3) is 0 Å². The number of hydrogen-bond donors (Lipinski definition) is 1. The summed E-state index contributed by atoms with van der Waals surface area (Å²) in [5, 5.41) is 3.00. The molecular weight excluding hydrogens is 198 g/mol. The maximum absolute atomic E-state index is 11.8. The summed E-state index contributed by atoms with van der Waals surface area (Å²) in [5.41, 5.74) is 1.30. The predicted octanol–water partition coefficient (Wildman–Crippen LogP) is 2.56. The van der Waals surface area contributed by atoms with Gasteiger partial charge in [0.1, 0.15) is 0 Å². The Labute approximate surface area is 97.1 Å². The number of hydrogen-bond acceptors (Lipinski definition) is 1. The molecule has 2 atom stereocenters. The lowest BCUT2D eigenvalue weighted by Gasteiger charge is -2.07. The third-order valence-electron chi connectivity index (χ3n) is 3.04. The normalized spacial score (nSPS) is 23.2. The van der Waals surface area contributed by atoms with Gasteiger partial charge in [0.2, 0.25) is 5.91 Å². The minimum atomic E-state index is 0.209. The van der Waals surface area contributed by atoms with Gasteiger partial charge in [-0.15, -0.1) is 0 Å². The van der Waals surface area contributed by atoms with Crippen molar-refractivity contribution in [3.8, 4) is 0 Å². The minimum Gasteiger partial charge on any atom is -0.356 e. The first-order chi connectivity index (χ1) is 7.68. The van der Waals surface area contributed by atoms with Crippen molar-refractivity contribution in [1.29, 1.82) is 0 Å². The molecule has 0 aromatic heterocycles. The number of rotatable bonds is 4. The van der Waals surface area contributed by atoms with Crippen LogP contribution in [0.4, 0.5) is 0 Å². The second-order valence-corrected chi connectivity index (χ2v) is 5.00. The van der Waals surface area contributed by atoms with Gasteiger partial charge < -0.3 is 5.32 Å². The maximum Gasteiger partial charge on any atom is 0.223 e. The maximum atomic E-state index is 11.8. The number of nitrogens with one attached hydrogen (secondary N) is 1. The molecule has 0 spiro atoms. The van der Waals surface area contributed by atoms with Gasteiger partial charge in [-0.3, -0.25) is 4.79 Å². The number of benzene rings is 1. The molecule has 1 fully saturated rings. The van der Waals surface area contributed by atoms with Crippen LogP contribution in [-0.2, 0) is 4.79 Å².